The third-order valence-electron chi connectivity index (χ3n) is 6.87. The molecule has 204 valence electrons. The van der Waals surface area contributed by atoms with Crippen LogP contribution in [0.1, 0.15) is 39.6 Å². The Morgan fingerprint density at radius 1 is 1.13 bits per heavy atom. The molecular formula is C25H32ClN7O3S2. The van der Waals surface area contributed by atoms with Crippen LogP contribution in [0.15, 0.2) is 18.3 Å². The number of hydrogen-bond acceptors (Lipinski definition) is 8. The van der Waals surface area contributed by atoms with E-state index >= 15 is 0 Å². The molecule has 1 fully saturated rings. The summed E-state index contributed by atoms with van der Waals surface area (Å²) in [5.74, 6) is -0.685. The van der Waals surface area contributed by atoms with Crippen molar-refractivity contribution in [3.05, 3.63) is 38.9 Å². The number of fused-ring (bicyclic) bond motifs is 1. The van der Waals surface area contributed by atoms with Crippen LogP contribution in [0, 0.1) is 5.92 Å². The van der Waals surface area contributed by atoms with Crippen molar-refractivity contribution in [2.75, 3.05) is 39.5 Å². The van der Waals surface area contributed by atoms with Gasteiger partial charge < -0.3 is 25.8 Å². The van der Waals surface area contributed by atoms with Gasteiger partial charge >= 0.3 is 0 Å². The maximum absolute atomic E-state index is 13.3. The second-order valence-corrected chi connectivity index (χ2v) is 11.8. The maximum Gasteiger partial charge on any atom is 0.284 e. The molecule has 0 unspecified atom stereocenters. The van der Waals surface area contributed by atoms with Gasteiger partial charge in [-0.2, -0.15) is 0 Å². The van der Waals surface area contributed by atoms with E-state index in [9.17, 15) is 14.4 Å². The molecule has 0 bridgehead atoms. The van der Waals surface area contributed by atoms with Crippen molar-refractivity contribution in [3.8, 4) is 0 Å². The van der Waals surface area contributed by atoms with E-state index in [0.717, 1.165) is 36.5 Å². The number of nitrogens with one attached hydrogen (secondary N) is 3. The second-order valence-electron chi connectivity index (χ2n) is 9.91. The summed E-state index contributed by atoms with van der Waals surface area (Å²) in [4.78, 5) is 52.4. The minimum absolute atomic E-state index is 0.0157. The summed E-state index contributed by atoms with van der Waals surface area (Å²) < 4.78 is 0. The SMILES string of the molecule is CN1CCc2nc(C(=O)N[C@@H]3C[C@@H](C(=O)N(C)C)CC[C@@H]3NC(=S)C(=O)Nc3ccc(Cl)cn3)sc2CC1. The number of thiazole rings is 1. The minimum atomic E-state index is -0.514. The van der Waals surface area contributed by atoms with Crippen molar-refractivity contribution < 1.29 is 14.4 Å². The Morgan fingerprint density at radius 3 is 2.61 bits per heavy atom. The molecule has 3 atom stereocenters. The van der Waals surface area contributed by atoms with E-state index in [1.807, 2.05) is 0 Å². The first-order chi connectivity index (χ1) is 18.1. The zero-order chi connectivity index (χ0) is 27.4. The summed E-state index contributed by atoms with van der Waals surface area (Å²) in [6, 6.07) is 2.45. The van der Waals surface area contributed by atoms with Gasteiger partial charge in [0.2, 0.25) is 5.91 Å². The molecule has 3 heterocycles. The number of aromatic nitrogens is 2. The fourth-order valence-electron chi connectivity index (χ4n) is 4.75. The topological polar surface area (TPSA) is 120 Å². The van der Waals surface area contributed by atoms with E-state index in [0.29, 0.717) is 35.1 Å². The van der Waals surface area contributed by atoms with E-state index in [4.69, 9.17) is 23.8 Å². The van der Waals surface area contributed by atoms with Gasteiger partial charge in [0.15, 0.2) is 10.00 Å². The Kier molecular flexibility index (Phi) is 9.29. The Morgan fingerprint density at radius 2 is 1.89 bits per heavy atom. The number of nitrogens with zero attached hydrogens (tertiary/aromatic N) is 4. The molecule has 0 spiro atoms. The first-order valence-corrected chi connectivity index (χ1v) is 14.1. The third kappa shape index (κ3) is 7.04. The molecule has 3 amide bonds. The van der Waals surface area contributed by atoms with Crippen molar-refractivity contribution in [3.63, 3.8) is 0 Å². The number of hydrogen-bond donors (Lipinski definition) is 3. The molecule has 10 nitrogen and oxygen atoms in total. The number of halogens is 1. The highest BCUT2D eigenvalue weighted by atomic mass is 35.5. The standard InChI is InChI=1S/C25H32ClN7O3S2/c1-32(2)25(36)14-4-6-16(29-23(37)21(34)31-20-7-5-15(26)13-27-20)18(12-14)28-22(35)24-30-17-8-10-33(3)11-9-19(17)38-24/h5,7,13-14,16,18H,4,6,8-12H2,1-3H3,(H,28,35)(H,29,37)(H,27,31,34)/t14-,16-,18+/m0/s1. The Labute approximate surface area is 236 Å². The van der Waals surface area contributed by atoms with Crippen LogP contribution in [0.2, 0.25) is 5.02 Å². The van der Waals surface area contributed by atoms with Crippen LogP contribution in [-0.2, 0) is 22.4 Å². The molecule has 1 aliphatic heterocycles. The van der Waals surface area contributed by atoms with Crippen LogP contribution >= 0.6 is 35.2 Å². The van der Waals surface area contributed by atoms with Crippen LogP contribution in [0.3, 0.4) is 0 Å². The third-order valence-corrected chi connectivity index (χ3v) is 8.55. The van der Waals surface area contributed by atoms with Gasteiger partial charge in [0.05, 0.1) is 16.8 Å². The molecule has 0 radical (unpaired) electrons. The summed E-state index contributed by atoms with van der Waals surface area (Å²) in [5.41, 5.74) is 0.983. The van der Waals surface area contributed by atoms with Crippen LogP contribution in [-0.4, -0.2) is 88.8 Å². The summed E-state index contributed by atoms with van der Waals surface area (Å²) in [6.45, 7) is 1.84. The lowest BCUT2D eigenvalue weighted by molar-refractivity contribution is -0.134. The van der Waals surface area contributed by atoms with Crippen LogP contribution in [0.5, 0.6) is 0 Å². The number of anilines is 1. The number of thiocarbonyl (C=S) groups is 1. The molecule has 38 heavy (non-hydrogen) atoms. The van der Waals surface area contributed by atoms with Gasteiger partial charge in [-0.05, 0) is 44.9 Å². The van der Waals surface area contributed by atoms with Gasteiger partial charge in [-0.1, -0.05) is 23.8 Å². The second kappa shape index (κ2) is 12.5. The van der Waals surface area contributed by atoms with Crippen LogP contribution in [0.4, 0.5) is 5.82 Å². The van der Waals surface area contributed by atoms with Crippen molar-refractivity contribution in [2.24, 2.45) is 5.92 Å². The first kappa shape index (κ1) is 28.3. The number of likely N-dealkylation sites (N-methyl/N-ethyl adjacent to an activating group) is 1. The Hall–Kier alpha value is -2.67. The van der Waals surface area contributed by atoms with Crippen molar-refractivity contribution in [2.45, 2.75) is 44.2 Å². The van der Waals surface area contributed by atoms with Gasteiger partial charge in [-0.25, -0.2) is 9.97 Å². The van der Waals surface area contributed by atoms with Crippen molar-refractivity contribution in [1.29, 1.82) is 0 Å². The summed E-state index contributed by atoms with van der Waals surface area (Å²) >= 11 is 12.7. The Balaban J connectivity index is 1.45. The summed E-state index contributed by atoms with van der Waals surface area (Å²) in [7, 11) is 5.54. The molecular weight excluding hydrogens is 546 g/mol. The van der Waals surface area contributed by atoms with E-state index in [2.05, 4.69) is 37.9 Å². The molecule has 1 aliphatic carbocycles. The molecule has 2 aromatic heterocycles. The van der Waals surface area contributed by atoms with E-state index in [1.165, 1.54) is 17.5 Å². The lowest BCUT2D eigenvalue weighted by Gasteiger charge is -2.37. The van der Waals surface area contributed by atoms with Gasteiger partial charge in [-0.15, -0.1) is 11.3 Å². The fourth-order valence-corrected chi connectivity index (χ4v) is 6.07. The molecule has 2 aliphatic rings. The maximum atomic E-state index is 13.3. The number of pyridine rings is 1. The van der Waals surface area contributed by atoms with Gasteiger partial charge in [0, 0.05) is 56.6 Å². The predicted octanol–water partition coefficient (Wildman–Crippen LogP) is 2.13. The number of carbonyl (C=O) groups excluding carboxylic acids is 3. The fraction of sp³-hybridized carbons (Fsp3) is 0.520. The van der Waals surface area contributed by atoms with E-state index in [-0.39, 0.29) is 28.8 Å². The zero-order valence-corrected chi connectivity index (χ0v) is 24.0. The molecule has 13 heteroatoms. The smallest absolute Gasteiger partial charge is 0.284 e. The monoisotopic (exact) mass is 577 g/mol. The highest BCUT2D eigenvalue weighted by molar-refractivity contribution is 7.82. The molecule has 4 rings (SSSR count). The molecule has 3 N–H and O–H groups in total. The van der Waals surface area contributed by atoms with E-state index in [1.54, 1.807) is 31.1 Å². The largest absolute Gasteiger partial charge is 0.367 e. The molecule has 1 saturated carbocycles. The van der Waals surface area contributed by atoms with Gasteiger partial charge in [0.1, 0.15) is 5.82 Å². The zero-order valence-electron chi connectivity index (χ0n) is 21.6. The van der Waals surface area contributed by atoms with Crippen molar-refractivity contribution in [1.82, 2.24) is 30.4 Å². The van der Waals surface area contributed by atoms with E-state index < -0.39 is 11.9 Å². The minimum Gasteiger partial charge on any atom is -0.367 e. The van der Waals surface area contributed by atoms with Gasteiger partial charge in [0.25, 0.3) is 11.8 Å². The van der Waals surface area contributed by atoms with Crippen LogP contribution in [0.25, 0.3) is 0 Å². The normalized spacial score (nSPS) is 21.5. The number of rotatable bonds is 5. The molecule has 0 saturated heterocycles. The van der Waals surface area contributed by atoms with Gasteiger partial charge in [-0.3, -0.25) is 14.4 Å². The predicted molar refractivity (Wildman–Crippen MR) is 152 cm³/mol. The average molecular weight is 578 g/mol. The lowest BCUT2D eigenvalue weighted by atomic mass is 9.81. The highest BCUT2D eigenvalue weighted by Gasteiger charge is 2.37. The highest BCUT2D eigenvalue weighted by Crippen LogP contribution is 2.28. The number of amides is 3. The summed E-state index contributed by atoms with van der Waals surface area (Å²) in [5, 5.41) is 9.73. The van der Waals surface area contributed by atoms with Crippen molar-refractivity contribution >= 4 is 63.7 Å². The molecule has 2 aromatic rings. The lowest BCUT2D eigenvalue weighted by Crippen LogP contribution is -2.56. The summed E-state index contributed by atoms with van der Waals surface area (Å²) in [6.07, 6.45) is 4.72. The molecule has 0 aromatic carbocycles. The average Bonchev–Trinajstić information content (AvgIpc) is 3.23. The first-order valence-electron chi connectivity index (χ1n) is 12.5. The Bertz CT molecular complexity index is 1180. The quantitative estimate of drug-likeness (QED) is 0.463. The van der Waals surface area contributed by atoms with Crippen LogP contribution < -0.4 is 16.0 Å². The number of carbonyl (C=O) groups is 3.